The number of benzene rings is 3. The summed E-state index contributed by atoms with van der Waals surface area (Å²) in [7, 11) is 0. The Bertz CT molecular complexity index is 1350. The van der Waals surface area contributed by atoms with Crippen LogP contribution >= 0.6 is 0 Å². The van der Waals surface area contributed by atoms with Gasteiger partial charge in [-0.05, 0) is 49.6 Å². The number of nitrogens with one attached hydrogen (secondary N) is 1. The van der Waals surface area contributed by atoms with Crippen molar-refractivity contribution in [2.75, 3.05) is 24.3 Å². The third-order valence-electron chi connectivity index (χ3n) is 7.52. The van der Waals surface area contributed by atoms with Crippen LogP contribution < -0.4 is 15.8 Å². The lowest BCUT2D eigenvalue weighted by molar-refractivity contribution is 0.0256. The molecule has 1 aliphatic heterocycles. The van der Waals surface area contributed by atoms with Crippen molar-refractivity contribution in [3.8, 4) is 17.0 Å². The predicted octanol–water partition coefficient (Wildman–Crippen LogP) is 6.92. The van der Waals surface area contributed by atoms with Crippen LogP contribution in [0.3, 0.4) is 0 Å². The number of hydrogen-bond donors (Lipinski definition) is 2. The van der Waals surface area contributed by atoms with Crippen molar-refractivity contribution in [1.82, 2.24) is 4.57 Å². The van der Waals surface area contributed by atoms with E-state index >= 15 is 0 Å². The standard InChI is InChI=1S/C30H32FN3O2/c31-27-7-2-1-4-21(27)19-33-22-10-8-20(9-11-22)30-29(32)26-13-12-25(36-24-14-16-35-17-15-24)18-28(26)34(30)23-5-3-6-23/h1-2,4,7-13,18,23-24,33H,3,5-6,14-17,19,32H2. The van der Waals surface area contributed by atoms with Crippen LogP contribution in [-0.2, 0) is 11.3 Å². The first-order chi connectivity index (χ1) is 17.7. The normalized spacial score (nSPS) is 16.7. The molecular weight excluding hydrogens is 453 g/mol. The van der Waals surface area contributed by atoms with Gasteiger partial charge in [0.05, 0.1) is 30.1 Å². The van der Waals surface area contributed by atoms with Gasteiger partial charge in [0.25, 0.3) is 0 Å². The molecule has 2 fully saturated rings. The maximum absolute atomic E-state index is 14.0. The molecule has 0 amide bonds. The van der Waals surface area contributed by atoms with Gasteiger partial charge >= 0.3 is 0 Å². The molecule has 0 bridgehead atoms. The van der Waals surface area contributed by atoms with Gasteiger partial charge < -0.3 is 25.1 Å². The van der Waals surface area contributed by atoms with Crippen LogP contribution in [0.4, 0.5) is 15.8 Å². The zero-order valence-electron chi connectivity index (χ0n) is 20.4. The Morgan fingerprint density at radius 2 is 1.75 bits per heavy atom. The summed E-state index contributed by atoms with van der Waals surface area (Å²) < 4.78 is 28.2. The van der Waals surface area contributed by atoms with Crippen LogP contribution in [-0.4, -0.2) is 23.9 Å². The number of nitrogen functional groups attached to an aromatic ring is 1. The Morgan fingerprint density at radius 3 is 2.47 bits per heavy atom. The fourth-order valence-corrected chi connectivity index (χ4v) is 5.28. The molecule has 3 N–H and O–H groups in total. The van der Waals surface area contributed by atoms with E-state index in [0.717, 1.165) is 78.2 Å². The number of anilines is 2. The van der Waals surface area contributed by atoms with E-state index in [-0.39, 0.29) is 11.9 Å². The molecule has 186 valence electrons. The van der Waals surface area contributed by atoms with Crippen molar-refractivity contribution < 1.29 is 13.9 Å². The van der Waals surface area contributed by atoms with Crippen molar-refractivity contribution in [3.05, 3.63) is 78.1 Å². The fourth-order valence-electron chi connectivity index (χ4n) is 5.28. The number of fused-ring (bicyclic) bond motifs is 1. The van der Waals surface area contributed by atoms with E-state index in [4.69, 9.17) is 15.2 Å². The Labute approximate surface area is 211 Å². The van der Waals surface area contributed by atoms with E-state index in [1.54, 1.807) is 12.1 Å². The molecule has 2 heterocycles. The van der Waals surface area contributed by atoms with Crippen LogP contribution in [0.5, 0.6) is 5.75 Å². The Hall–Kier alpha value is -3.51. The van der Waals surface area contributed by atoms with E-state index in [0.29, 0.717) is 18.2 Å². The van der Waals surface area contributed by atoms with Crippen LogP contribution in [0.25, 0.3) is 22.2 Å². The predicted molar refractivity (Wildman–Crippen MR) is 143 cm³/mol. The third-order valence-corrected chi connectivity index (χ3v) is 7.52. The maximum Gasteiger partial charge on any atom is 0.128 e. The first kappa shape index (κ1) is 22.9. The zero-order chi connectivity index (χ0) is 24.5. The number of ether oxygens (including phenoxy) is 2. The van der Waals surface area contributed by atoms with E-state index in [1.165, 1.54) is 12.5 Å². The van der Waals surface area contributed by atoms with Crippen LogP contribution in [0.1, 0.15) is 43.7 Å². The molecule has 3 aromatic carbocycles. The molecule has 2 aliphatic rings. The lowest BCUT2D eigenvalue weighted by atomic mass is 9.92. The SMILES string of the molecule is Nc1c(-c2ccc(NCc3ccccc3F)cc2)n(C2CCC2)c2cc(OC3CCOCC3)ccc12. The van der Waals surface area contributed by atoms with Gasteiger partial charge in [0.2, 0.25) is 0 Å². The highest BCUT2D eigenvalue weighted by Crippen LogP contribution is 2.45. The van der Waals surface area contributed by atoms with Crippen molar-refractivity contribution >= 4 is 22.3 Å². The molecule has 0 unspecified atom stereocenters. The number of aromatic nitrogens is 1. The van der Waals surface area contributed by atoms with Gasteiger partial charge in [-0.25, -0.2) is 4.39 Å². The molecule has 5 nitrogen and oxygen atoms in total. The average molecular weight is 486 g/mol. The molecule has 6 rings (SSSR count). The summed E-state index contributed by atoms with van der Waals surface area (Å²) in [5.74, 6) is 0.700. The molecule has 6 heteroatoms. The summed E-state index contributed by atoms with van der Waals surface area (Å²) in [5.41, 5.74) is 12.5. The Kier molecular flexibility index (Phi) is 6.28. The van der Waals surface area contributed by atoms with Crippen LogP contribution in [0.2, 0.25) is 0 Å². The van der Waals surface area contributed by atoms with E-state index < -0.39 is 0 Å². The van der Waals surface area contributed by atoms with Gasteiger partial charge in [-0.2, -0.15) is 0 Å². The second-order valence-electron chi connectivity index (χ2n) is 9.85. The average Bonchev–Trinajstić information content (AvgIpc) is 3.15. The van der Waals surface area contributed by atoms with Crippen molar-refractivity contribution in [2.24, 2.45) is 0 Å². The van der Waals surface area contributed by atoms with Crippen LogP contribution in [0.15, 0.2) is 66.7 Å². The summed E-state index contributed by atoms with van der Waals surface area (Å²) in [5, 5.41) is 4.39. The van der Waals surface area contributed by atoms with E-state index in [2.05, 4.69) is 34.1 Å². The van der Waals surface area contributed by atoms with E-state index in [1.807, 2.05) is 24.3 Å². The molecule has 0 atom stereocenters. The molecule has 36 heavy (non-hydrogen) atoms. The highest BCUT2D eigenvalue weighted by molar-refractivity contribution is 6.01. The van der Waals surface area contributed by atoms with Crippen molar-refractivity contribution in [2.45, 2.75) is 50.8 Å². The molecular formula is C30H32FN3O2. The fraction of sp³-hybridized carbons (Fsp3) is 0.333. The topological polar surface area (TPSA) is 61.4 Å². The molecule has 1 aliphatic carbocycles. The maximum atomic E-state index is 14.0. The molecule has 1 saturated carbocycles. The van der Waals surface area contributed by atoms with Gasteiger partial charge in [0, 0.05) is 53.7 Å². The number of halogens is 1. The van der Waals surface area contributed by atoms with Gasteiger partial charge in [-0.15, -0.1) is 0 Å². The molecule has 1 aromatic heterocycles. The van der Waals surface area contributed by atoms with Crippen molar-refractivity contribution in [1.29, 1.82) is 0 Å². The molecule has 1 saturated heterocycles. The minimum Gasteiger partial charge on any atom is -0.490 e. The second kappa shape index (κ2) is 9.86. The largest absolute Gasteiger partial charge is 0.490 e. The summed E-state index contributed by atoms with van der Waals surface area (Å²) >= 11 is 0. The Morgan fingerprint density at radius 1 is 0.972 bits per heavy atom. The highest BCUT2D eigenvalue weighted by atomic mass is 19.1. The number of rotatable bonds is 7. The van der Waals surface area contributed by atoms with Gasteiger partial charge in [-0.1, -0.05) is 30.3 Å². The quantitative estimate of drug-likeness (QED) is 0.298. The summed E-state index contributed by atoms with van der Waals surface area (Å²) in [6, 6.07) is 21.9. The number of nitrogens with two attached hydrogens (primary N) is 1. The lowest BCUT2D eigenvalue weighted by Gasteiger charge is -2.30. The van der Waals surface area contributed by atoms with Crippen molar-refractivity contribution in [3.63, 3.8) is 0 Å². The molecule has 0 spiro atoms. The molecule has 4 aromatic rings. The number of nitrogens with zero attached hydrogens (tertiary/aromatic N) is 1. The first-order valence-corrected chi connectivity index (χ1v) is 12.9. The van der Waals surface area contributed by atoms with Gasteiger partial charge in [0.1, 0.15) is 17.7 Å². The van der Waals surface area contributed by atoms with Gasteiger partial charge in [0.15, 0.2) is 0 Å². The van der Waals surface area contributed by atoms with Gasteiger partial charge in [-0.3, -0.25) is 0 Å². The zero-order valence-corrected chi connectivity index (χ0v) is 20.4. The minimum absolute atomic E-state index is 0.195. The Balaban J connectivity index is 1.30. The lowest BCUT2D eigenvalue weighted by Crippen LogP contribution is -2.25. The minimum atomic E-state index is -0.195. The van der Waals surface area contributed by atoms with Crippen LogP contribution in [0, 0.1) is 5.82 Å². The highest BCUT2D eigenvalue weighted by Gasteiger charge is 2.27. The molecule has 0 radical (unpaired) electrons. The number of hydrogen-bond acceptors (Lipinski definition) is 4. The second-order valence-corrected chi connectivity index (χ2v) is 9.85. The first-order valence-electron chi connectivity index (χ1n) is 12.9. The van der Waals surface area contributed by atoms with E-state index in [9.17, 15) is 4.39 Å². The smallest absolute Gasteiger partial charge is 0.128 e. The monoisotopic (exact) mass is 485 g/mol. The summed E-state index contributed by atoms with van der Waals surface area (Å²) in [4.78, 5) is 0. The third kappa shape index (κ3) is 4.42. The summed E-state index contributed by atoms with van der Waals surface area (Å²) in [6.07, 6.45) is 5.59. The summed E-state index contributed by atoms with van der Waals surface area (Å²) in [6.45, 7) is 1.95.